The van der Waals surface area contributed by atoms with Crippen LogP contribution in [0.25, 0.3) is 5.76 Å². The van der Waals surface area contributed by atoms with E-state index in [0.29, 0.717) is 11.3 Å². The number of benzene rings is 2. The van der Waals surface area contributed by atoms with Gasteiger partial charge in [0.05, 0.1) is 5.57 Å². The molecule has 1 saturated heterocycles. The van der Waals surface area contributed by atoms with Crippen molar-refractivity contribution in [3.05, 3.63) is 92.7 Å². The largest absolute Gasteiger partial charge is 0.507 e. The summed E-state index contributed by atoms with van der Waals surface area (Å²) in [7, 11) is 0. The maximum atomic E-state index is 13.3. The number of thiophene rings is 1. The molecule has 4 rings (SSSR count). The van der Waals surface area contributed by atoms with Crippen molar-refractivity contribution < 1.29 is 14.7 Å². The Balaban J connectivity index is 1.96. The van der Waals surface area contributed by atoms with Gasteiger partial charge >= 0.3 is 0 Å². The minimum atomic E-state index is -0.672. The first-order chi connectivity index (χ1) is 15.1. The van der Waals surface area contributed by atoms with Gasteiger partial charge in [-0.15, -0.1) is 11.3 Å². The molecule has 4 nitrogen and oxygen atoms in total. The van der Waals surface area contributed by atoms with Gasteiger partial charge in [-0.2, -0.15) is 0 Å². The number of ketones is 1. The number of aliphatic hydroxyl groups is 1. The molecule has 1 unspecified atom stereocenters. The summed E-state index contributed by atoms with van der Waals surface area (Å²) >= 11 is 1.46. The molecule has 1 aromatic heterocycles. The van der Waals surface area contributed by atoms with Crippen molar-refractivity contribution in [1.82, 2.24) is 0 Å². The number of carbonyl (C=O) groups is 2. The van der Waals surface area contributed by atoms with Gasteiger partial charge in [0.15, 0.2) is 0 Å². The van der Waals surface area contributed by atoms with E-state index in [4.69, 9.17) is 0 Å². The summed E-state index contributed by atoms with van der Waals surface area (Å²) in [4.78, 5) is 28.8. The highest BCUT2D eigenvalue weighted by molar-refractivity contribution is 7.10. The number of hydrogen-bond donors (Lipinski definition) is 1. The number of rotatable bonds is 3. The zero-order valence-electron chi connectivity index (χ0n) is 19.0. The molecular weight excluding hydrogens is 418 g/mol. The number of aryl methyl sites for hydroxylation is 2. The highest BCUT2D eigenvalue weighted by Crippen LogP contribution is 2.44. The van der Waals surface area contributed by atoms with Crippen LogP contribution in [0.1, 0.15) is 53.9 Å². The Morgan fingerprint density at radius 2 is 1.75 bits per heavy atom. The van der Waals surface area contributed by atoms with E-state index in [1.165, 1.54) is 16.2 Å². The van der Waals surface area contributed by atoms with Crippen molar-refractivity contribution in [2.75, 3.05) is 4.90 Å². The first kappa shape index (κ1) is 22.0. The van der Waals surface area contributed by atoms with Gasteiger partial charge in [0.2, 0.25) is 0 Å². The fraction of sp³-hybridized carbons (Fsp3) is 0.259. The summed E-state index contributed by atoms with van der Waals surface area (Å²) in [5.41, 5.74) is 4.12. The summed E-state index contributed by atoms with van der Waals surface area (Å²) in [5, 5.41) is 13.4. The Bertz CT molecular complexity index is 1230. The zero-order chi connectivity index (χ0) is 23.2. The van der Waals surface area contributed by atoms with E-state index in [1.807, 2.05) is 73.8 Å². The van der Waals surface area contributed by atoms with Crippen molar-refractivity contribution in [2.45, 2.75) is 46.1 Å². The maximum Gasteiger partial charge on any atom is 0.300 e. The Labute approximate surface area is 192 Å². The quantitative estimate of drug-likeness (QED) is 0.293. The molecule has 0 radical (unpaired) electrons. The van der Waals surface area contributed by atoms with E-state index in [9.17, 15) is 14.7 Å². The summed E-state index contributed by atoms with van der Waals surface area (Å²) < 4.78 is 0. The van der Waals surface area contributed by atoms with Crippen LogP contribution in [0.15, 0.2) is 65.6 Å². The number of Topliss-reactive ketones (excluding diaryl/α,β-unsaturated/α-hetero) is 1. The molecule has 164 valence electrons. The van der Waals surface area contributed by atoms with Gasteiger partial charge in [-0.1, -0.05) is 51.1 Å². The third-order valence-electron chi connectivity index (χ3n) is 5.90. The summed E-state index contributed by atoms with van der Waals surface area (Å²) in [6.07, 6.45) is 0. The zero-order valence-corrected chi connectivity index (χ0v) is 19.8. The number of anilines is 1. The lowest BCUT2D eigenvalue weighted by Crippen LogP contribution is -2.29. The van der Waals surface area contributed by atoms with E-state index in [0.717, 1.165) is 21.6 Å². The molecule has 1 aliphatic heterocycles. The molecule has 0 saturated carbocycles. The van der Waals surface area contributed by atoms with Gasteiger partial charge in [0.25, 0.3) is 11.7 Å². The lowest BCUT2D eigenvalue weighted by atomic mass is 9.84. The predicted molar refractivity (Wildman–Crippen MR) is 130 cm³/mol. The van der Waals surface area contributed by atoms with Crippen LogP contribution in [-0.4, -0.2) is 16.8 Å². The highest BCUT2D eigenvalue weighted by atomic mass is 32.1. The second-order valence-electron chi connectivity index (χ2n) is 9.30. The Morgan fingerprint density at radius 3 is 2.38 bits per heavy atom. The Hall–Kier alpha value is -3.18. The molecule has 1 atom stereocenters. The van der Waals surface area contributed by atoms with Crippen LogP contribution in [0.4, 0.5) is 5.69 Å². The number of hydrogen-bond acceptors (Lipinski definition) is 4. The first-order valence-electron chi connectivity index (χ1n) is 10.6. The molecule has 2 aromatic carbocycles. The maximum absolute atomic E-state index is 13.3. The molecule has 32 heavy (non-hydrogen) atoms. The molecule has 0 aliphatic carbocycles. The molecule has 0 bridgehead atoms. The lowest BCUT2D eigenvalue weighted by Gasteiger charge is -2.25. The van der Waals surface area contributed by atoms with Crippen LogP contribution in [0.3, 0.4) is 0 Å². The summed E-state index contributed by atoms with van der Waals surface area (Å²) in [6, 6.07) is 16.6. The second kappa shape index (κ2) is 8.06. The van der Waals surface area contributed by atoms with Crippen LogP contribution in [0, 0.1) is 13.8 Å². The molecule has 1 aliphatic rings. The number of amides is 1. The van der Waals surface area contributed by atoms with E-state index >= 15 is 0 Å². The van der Waals surface area contributed by atoms with Gasteiger partial charge in [-0.05, 0) is 65.6 Å². The molecular formula is C27H27NO3S. The average Bonchev–Trinajstić information content (AvgIpc) is 3.34. The van der Waals surface area contributed by atoms with Gasteiger partial charge in [-0.25, -0.2) is 0 Å². The number of carbonyl (C=O) groups excluding carboxylic acids is 2. The minimum Gasteiger partial charge on any atom is -0.507 e. The van der Waals surface area contributed by atoms with Gasteiger partial charge in [0, 0.05) is 16.1 Å². The lowest BCUT2D eigenvalue weighted by molar-refractivity contribution is -0.132. The van der Waals surface area contributed by atoms with Crippen LogP contribution in [-0.2, 0) is 15.0 Å². The smallest absolute Gasteiger partial charge is 0.300 e. The fourth-order valence-corrected chi connectivity index (χ4v) is 4.90. The van der Waals surface area contributed by atoms with E-state index in [2.05, 4.69) is 20.8 Å². The number of nitrogens with zero attached hydrogens (tertiary/aromatic N) is 1. The first-order valence-corrected chi connectivity index (χ1v) is 11.5. The summed E-state index contributed by atoms with van der Waals surface area (Å²) in [5.74, 6) is -1.41. The van der Waals surface area contributed by atoms with Gasteiger partial charge in [0.1, 0.15) is 11.8 Å². The van der Waals surface area contributed by atoms with E-state index in [-0.39, 0.29) is 16.7 Å². The van der Waals surface area contributed by atoms with Crippen LogP contribution in [0.5, 0.6) is 0 Å². The molecule has 1 N–H and O–H groups in total. The second-order valence-corrected chi connectivity index (χ2v) is 10.3. The third kappa shape index (κ3) is 3.78. The van der Waals surface area contributed by atoms with Gasteiger partial charge < -0.3 is 5.11 Å². The normalized spacial score (nSPS) is 18.4. The Morgan fingerprint density at radius 1 is 1.00 bits per heavy atom. The van der Waals surface area contributed by atoms with E-state index in [1.54, 1.807) is 0 Å². The summed E-state index contributed by atoms with van der Waals surface area (Å²) in [6.45, 7) is 10.2. The van der Waals surface area contributed by atoms with Crippen molar-refractivity contribution in [2.24, 2.45) is 0 Å². The molecule has 2 heterocycles. The van der Waals surface area contributed by atoms with E-state index < -0.39 is 17.7 Å². The molecule has 1 fully saturated rings. The van der Waals surface area contributed by atoms with Crippen molar-refractivity contribution in [3.8, 4) is 0 Å². The highest BCUT2D eigenvalue weighted by Gasteiger charge is 2.47. The minimum absolute atomic E-state index is 0.121. The SMILES string of the molecule is Cc1cccc(N2C(=O)C(=O)/C(=C(/O)c3cc(C(C)(C)C)ccc3C)C2c2cccs2)c1. The fourth-order valence-electron chi connectivity index (χ4n) is 4.08. The van der Waals surface area contributed by atoms with Crippen LogP contribution in [0.2, 0.25) is 0 Å². The number of aliphatic hydroxyl groups excluding tert-OH is 1. The average molecular weight is 446 g/mol. The van der Waals surface area contributed by atoms with Crippen molar-refractivity contribution in [1.29, 1.82) is 0 Å². The monoisotopic (exact) mass is 445 g/mol. The standard InChI is InChI=1S/C27H27NO3S/c1-16-8-6-9-19(14-16)28-23(21-10-7-13-32-21)22(25(30)26(28)31)24(29)20-15-18(27(3,4)5)12-11-17(20)2/h6-15,23,29H,1-5H3/b24-22+. The molecule has 0 spiro atoms. The predicted octanol–water partition coefficient (Wildman–Crippen LogP) is 6.29. The van der Waals surface area contributed by atoms with Crippen LogP contribution >= 0.6 is 11.3 Å². The van der Waals surface area contributed by atoms with Gasteiger partial charge in [-0.3, -0.25) is 14.5 Å². The molecule has 3 aromatic rings. The molecule has 5 heteroatoms. The molecule has 1 amide bonds. The van der Waals surface area contributed by atoms with Crippen LogP contribution < -0.4 is 4.90 Å². The third-order valence-corrected chi connectivity index (χ3v) is 6.82. The topological polar surface area (TPSA) is 57.6 Å². The van der Waals surface area contributed by atoms with Crippen molar-refractivity contribution in [3.63, 3.8) is 0 Å². The van der Waals surface area contributed by atoms with Crippen molar-refractivity contribution >= 4 is 34.5 Å². The Kier molecular flexibility index (Phi) is 5.55.